The van der Waals surface area contributed by atoms with Gasteiger partial charge in [0.1, 0.15) is 6.26 Å². The van der Waals surface area contributed by atoms with Gasteiger partial charge < -0.3 is 14.4 Å². The van der Waals surface area contributed by atoms with Crippen molar-refractivity contribution in [2.75, 3.05) is 19.7 Å². The molecule has 0 unspecified atom stereocenters. The second kappa shape index (κ2) is 5.45. The van der Waals surface area contributed by atoms with Crippen molar-refractivity contribution in [2.24, 2.45) is 0 Å². The summed E-state index contributed by atoms with van der Waals surface area (Å²) in [6.45, 7) is -1.16. The molecule has 84 valence electrons. The van der Waals surface area contributed by atoms with Crippen LogP contribution < -0.4 is 0 Å². The van der Waals surface area contributed by atoms with Crippen molar-refractivity contribution in [3.05, 3.63) is 24.2 Å². The highest BCUT2D eigenvalue weighted by Crippen LogP contribution is 2.07. The number of aliphatic hydroxyl groups is 1. The van der Waals surface area contributed by atoms with Gasteiger partial charge in [-0.15, -0.1) is 0 Å². The summed E-state index contributed by atoms with van der Waals surface area (Å²) in [5.74, 6) is -0.571. The second-order valence-electron chi connectivity index (χ2n) is 2.88. The number of rotatable bonds is 5. The number of carbonyl (C=O) groups is 1. The summed E-state index contributed by atoms with van der Waals surface area (Å²) in [5, 5.41) is 8.63. The summed E-state index contributed by atoms with van der Waals surface area (Å²) < 4.78 is 28.9. The lowest BCUT2D eigenvalue weighted by molar-refractivity contribution is 0.0508. The molecule has 0 aliphatic heterocycles. The standard InChI is InChI=1S/C9H11F2NO3/c10-8(11)5-12(2-3-13)9(14)7-1-4-15-6-7/h1,4,6,8,13H,2-3,5H2. The first-order valence-corrected chi connectivity index (χ1v) is 4.35. The van der Waals surface area contributed by atoms with Crippen molar-refractivity contribution in [2.45, 2.75) is 6.43 Å². The van der Waals surface area contributed by atoms with Crippen LogP contribution in [0, 0.1) is 0 Å². The smallest absolute Gasteiger partial charge is 0.257 e. The molecule has 0 radical (unpaired) electrons. The van der Waals surface area contributed by atoms with E-state index < -0.39 is 18.9 Å². The number of alkyl halides is 2. The minimum Gasteiger partial charge on any atom is -0.472 e. The molecule has 0 aromatic carbocycles. The van der Waals surface area contributed by atoms with Crippen LogP contribution in [0.25, 0.3) is 0 Å². The maximum atomic E-state index is 12.1. The van der Waals surface area contributed by atoms with E-state index in [-0.39, 0.29) is 18.7 Å². The zero-order chi connectivity index (χ0) is 11.3. The Hall–Kier alpha value is -1.43. The summed E-state index contributed by atoms with van der Waals surface area (Å²) in [4.78, 5) is 12.4. The van der Waals surface area contributed by atoms with Crippen LogP contribution in [0.4, 0.5) is 8.78 Å². The molecule has 0 fully saturated rings. The van der Waals surface area contributed by atoms with Crippen molar-refractivity contribution in [1.82, 2.24) is 4.90 Å². The van der Waals surface area contributed by atoms with Gasteiger partial charge in [-0.2, -0.15) is 0 Å². The van der Waals surface area contributed by atoms with Crippen LogP contribution >= 0.6 is 0 Å². The maximum Gasteiger partial charge on any atom is 0.257 e. The molecular formula is C9H11F2NO3. The van der Waals surface area contributed by atoms with Crippen LogP contribution in [0.15, 0.2) is 23.0 Å². The molecule has 0 bridgehead atoms. The predicted molar refractivity (Wildman–Crippen MR) is 47.7 cm³/mol. The fourth-order valence-electron chi connectivity index (χ4n) is 1.13. The normalized spacial score (nSPS) is 10.7. The van der Waals surface area contributed by atoms with E-state index in [4.69, 9.17) is 5.11 Å². The third-order valence-electron chi connectivity index (χ3n) is 1.78. The first-order chi connectivity index (χ1) is 7.15. The van der Waals surface area contributed by atoms with Gasteiger partial charge in [-0.1, -0.05) is 0 Å². The van der Waals surface area contributed by atoms with Gasteiger partial charge in [-0.25, -0.2) is 8.78 Å². The van der Waals surface area contributed by atoms with Gasteiger partial charge >= 0.3 is 0 Å². The van der Waals surface area contributed by atoms with Crippen LogP contribution in [0.5, 0.6) is 0 Å². The Morgan fingerprint density at radius 1 is 1.60 bits per heavy atom. The first kappa shape index (κ1) is 11.6. The van der Waals surface area contributed by atoms with Gasteiger partial charge in [0.2, 0.25) is 0 Å². The molecule has 0 saturated heterocycles. The first-order valence-electron chi connectivity index (χ1n) is 4.35. The Labute approximate surface area is 85.1 Å². The quantitative estimate of drug-likeness (QED) is 0.803. The SMILES string of the molecule is O=C(c1ccoc1)N(CCO)CC(F)F. The lowest BCUT2D eigenvalue weighted by Gasteiger charge is -2.20. The number of halogens is 2. The number of hydrogen-bond donors (Lipinski definition) is 1. The molecule has 15 heavy (non-hydrogen) atoms. The van der Waals surface area contributed by atoms with Gasteiger partial charge in [0.25, 0.3) is 12.3 Å². The molecule has 0 spiro atoms. The zero-order valence-electron chi connectivity index (χ0n) is 7.90. The molecule has 1 N–H and O–H groups in total. The molecule has 1 aromatic heterocycles. The summed E-state index contributed by atoms with van der Waals surface area (Å²) in [7, 11) is 0. The van der Waals surface area contributed by atoms with Crippen molar-refractivity contribution in [3.63, 3.8) is 0 Å². The van der Waals surface area contributed by atoms with Gasteiger partial charge in [0, 0.05) is 6.54 Å². The van der Waals surface area contributed by atoms with Crippen molar-refractivity contribution in [3.8, 4) is 0 Å². The number of hydrogen-bond acceptors (Lipinski definition) is 3. The minimum atomic E-state index is -2.62. The minimum absolute atomic E-state index is 0.117. The Kier molecular flexibility index (Phi) is 4.23. The van der Waals surface area contributed by atoms with Crippen LogP contribution in [-0.4, -0.2) is 42.0 Å². The lowest BCUT2D eigenvalue weighted by atomic mass is 10.3. The number of amides is 1. The molecule has 0 aliphatic carbocycles. The van der Waals surface area contributed by atoms with Crippen LogP contribution in [0.1, 0.15) is 10.4 Å². The number of furan rings is 1. The second-order valence-corrected chi connectivity index (χ2v) is 2.88. The molecule has 4 nitrogen and oxygen atoms in total. The summed E-state index contributed by atoms with van der Waals surface area (Å²) in [6, 6.07) is 1.39. The van der Waals surface area contributed by atoms with Crippen molar-refractivity contribution < 1.29 is 23.1 Å². The summed E-state index contributed by atoms with van der Waals surface area (Å²) >= 11 is 0. The average molecular weight is 219 g/mol. The number of aliphatic hydroxyl groups excluding tert-OH is 1. The molecule has 0 aliphatic rings. The monoisotopic (exact) mass is 219 g/mol. The average Bonchev–Trinajstić information content (AvgIpc) is 2.68. The summed E-state index contributed by atoms with van der Waals surface area (Å²) in [5.41, 5.74) is 0.198. The fourth-order valence-corrected chi connectivity index (χ4v) is 1.13. The molecular weight excluding hydrogens is 208 g/mol. The summed E-state index contributed by atoms with van der Waals surface area (Å²) in [6.07, 6.45) is -0.155. The largest absolute Gasteiger partial charge is 0.472 e. The molecule has 1 aromatic rings. The van der Waals surface area contributed by atoms with E-state index in [1.165, 1.54) is 18.6 Å². The van der Waals surface area contributed by atoms with Gasteiger partial charge in [0.05, 0.1) is 25.0 Å². The fraction of sp³-hybridized carbons (Fsp3) is 0.444. The van der Waals surface area contributed by atoms with Gasteiger partial charge in [-0.05, 0) is 6.07 Å². The third-order valence-corrected chi connectivity index (χ3v) is 1.78. The number of nitrogens with zero attached hydrogens (tertiary/aromatic N) is 1. The molecule has 1 amide bonds. The van der Waals surface area contributed by atoms with E-state index >= 15 is 0 Å². The Morgan fingerprint density at radius 3 is 2.80 bits per heavy atom. The predicted octanol–water partition coefficient (Wildman–Crippen LogP) is 0.979. The van der Waals surface area contributed by atoms with Crippen LogP contribution in [0.2, 0.25) is 0 Å². The highest BCUT2D eigenvalue weighted by Gasteiger charge is 2.19. The number of carbonyl (C=O) groups excluding carboxylic acids is 1. The van der Waals surface area contributed by atoms with E-state index in [0.717, 1.165) is 4.90 Å². The van der Waals surface area contributed by atoms with E-state index in [0.29, 0.717) is 0 Å². The van der Waals surface area contributed by atoms with E-state index in [9.17, 15) is 13.6 Å². The zero-order valence-corrected chi connectivity index (χ0v) is 7.90. The lowest BCUT2D eigenvalue weighted by Crippen LogP contribution is -2.37. The van der Waals surface area contributed by atoms with Gasteiger partial charge in [-0.3, -0.25) is 4.79 Å². The molecule has 6 heteroatoms. The Balaban J connectivity index is 2.67. The third kappa shape index (κ3) is 3.32. The maximum absolute atomic E-state index is 12.1. The highest BCUT2D eigenvalue weighted by molar-refractivity contribution is 5.93. The van der Waals surface area contributed by atoms with Crippen LogP contribution in [-0.2, 0) is 0 Å². The van der Waals surface area contributed by atoms with E-state index in [1.54, 1.807) is 0 Å². The van der Waals surface area contributed by atoms with E-state index in [1.807, 2.05) is 0 Å². The molecule has 1 heterocycles. The topological polar surface area (TPSA) is 53.7 Å². The molecule has 0 atom stereocenters. The molecule has 0 saturated carbocycles. The van der Waals surface area contributed by atoms with Crippen LogP contribution in [0.3, 0.4) is 0 Å². The molecule has 1 rings (SSSR count). The van der Waals surface area contributed by atoms with Crippen molar-refractivity contribution >= 4 is 5.91 Å². The highest BCUT2D eigenvalue weighted by atomic mass is 19.3. The van der Waals surface area contributed by atoms with Gasteiger partial charge in [0.15, 0.2) is 0 Å². The van der Waals surface area contributed by atoms with E-state index in [2.05, 4.69) is 4.42 Å². The van der Waals surface area contributed by atoms with Crippen molar-refractivity contribution in [1.29, 1.82) is 0 Å². The Morgan fingerprint density at radius 2 is 2.33 bits per heavy atom. The Bertz CT molecular complexity index is 300.